The predicted molar refractivity (Wildman–Crippen MR) is 102 cm³/mol. The first kappa shape index (κ1) is 15.6. The lowest BCUT2D eigenvalue weighted by Gasteiger charge is -2.10. The number of thiophene rings is 1. The van der Waals surface area contributed by atoms with Crippen LogP contribution in [0.5, 0.6) is 0 Å². The van der Waals surface area contributed by atoms with E-state index in [2.05, 4.69) is 25.3 Å². The molecular weight excluding hydrogens is 336 g/mol. The van der Waals surface area contributed by atoms with Gasteiger partial charge in [-0.15, -0.1) is 11.3 Å². The summed E-state index contributed by atoms with van der Waals surface area (Å²) in [4.78, 5) is 30.8. The van der Waals surface area contributed by atoms with Gasteiger partial charge >= 0.3 is 0 Å². The molecule has 0 fully saturated rings. The van der Waals surface area contributed by atoms with Crippen LogP contribution < -0.4 is 11.1 Å². The zero-order valence-corrected chi connectivity index (χ0v) is 14.2. The van der Waals surface area contributed by atoms with Gasteiger partial charge in [-0.2, -0.15) is 0 Å². The number of carbonyl (C=O) groups is 1. The largest absolute Gasteiger partial charge is 0.397 e. The number of aliphatic imine (C=N–C) groups is 3. The molecule has 1 amide bonds. The minimum Gasteiger partial charge on any atom is -0.397 e. The second-order valence-electron chi connectivity index (χ2n) is 5.77. The Hall–Kier alpha value is -2.87. The predicted octanol–water partition coefficient (Wildman–Crippen LogP) is 2.16. The number of amides is 1. The van der Waals surface area contributed by atoms with Crippen molar-refractivity contribution in [1.82, 2.24) is 10.3 Å². The van der Waals surface area contributed by atoms with Crippen molar-refractivity contribution in [3.05, 3.63) is 34.5 Å². The molecule has 0 saturated heterocycles. The summed E-state index contributed by atoms with van der Waals surface area (Å²) in [6.45, 7) is 1.32. The van der Waals surface area contributed by atoms with Crippen LogP contribution in [0.2, 0.25) is 0 Å². The Labute approximate surface area is 148 Å². The summed E-state index contributed by atoms with van der Waals surface area (Å²) >= 11 is 1.31. The fourth-order valence-corrected chi connectivity index (χ4v) is 3.74. The van der Waals surface area contributed by atoms with Crippen LogP contribution in [0.3, 0.4) is 0 Å². The number of anilines is 1. The monoisotopic (exact) mass is 352 g/mol. The van der Waals surface area contributed by atoms with Gasteiger partial charge in [0.2, 0.25) is 0 Å². The second-order valence-corrected chi connectivity index (χ2v) is 6.77. The summed E-state index contributed by atoms with van der Waals surface area (Å²) in [6.07, 6.45) is 7.62. The lowest BCUT2D eigenvalue weighted by Crippen LogP contribution is -2.24. The molecule has 1 atom stereocenters. The molecular formula is C17H16N6OS. The van der Waals surface area contributed by atoms with Gasteiger partial charge in [-0.1, -0.05) is 0 Å². The third-order valence-corrected chi connectivity index (χ3v) is 5.20. The van der Waals surface area contributed by atoms with Gasteiger partial charge in [-0.25, -0.2) is 9.98 Å². The third kappa shape index (κ3) is 3.08. The SMILES string of the molecule is Nc1c(C(=O)NC2=CC=NCC2)sc2nc(C3C=NC=NC3)ccc12. The van der Waals surface area contributed by atoms with Crippen LogP contribution in [0.15, 0.2) is 38.9 Å². The molecule has 2 aliphatic rings. The van der Waals surface area contributed by atoms with E-state index in [0.717, 1.165) is 28.0 Å². The Balaban J connectivity index is 1.63. The summed E-state index contributed by atoms with van der Waals surface area (Å²) in [5.41, 5.74) is 8.39. The molecule has 3 N–H and O–H groups in total. The fraction of sp³-hybridized carbons (Fsp3) is 0.235. The van der Waals surface area contributed by atoms with E-state index >= 15 is 0 Å². The van der Waals surface area contributed by atoms with Crippen molar-refractivity contribution in [2.24, 2.45) is 15.0 Å². The molecule has 0 aromatic carbocycles. The number of hydrogen-bond donors (Lipinski definition) is 2. The van der Waals surface area contributed by atoms with Crippen LogP contribution in [0.25, 0.3) is 10.2 Å². The lowest BCUT2D eigenvalue weighted by atomic mass is 10.1. The molecule has 2 aromatic heterocycles. The van der Waals surface area contributed by atoms with E-state index in [4.69, 9.17) is 5.73 Å². The number of hydrogen-bond acceptors (Lipinski definition) is 7. The van der Waals surface area contributed by atoms with Crippen LogP contribution in [-0.2, 0) is 0 Å². The number of rotatable bonds is 3. The number of carbonyl (C=O) groups excluding carboxylic acids is 1. The molecule has 0 saturated carbocycles. The first-order valence-electron chi connectivity index (χ1n) is 7.93. The van der Waals surface area contributed by atoms with Crippen molar-refractivity contribution in [3.8, 4) is 0 Å². The number of nitrogens with one attached hydrogen (secondary N) is 1. The number of nitrogen functional groups attached to an aromatic ring is 1. The number of dihydropyridines is 1. The zero-order valence-electron chi connectivity index (χ0n) is 13.3. The minimum atomic E-state index is -0.201. The van der Waals surface area contributed by atoms with Gasteiger partial charge < -0.3 is 11.1 Å². The first-order valence-corrected chi connectivity index (χ1v) is 8.75. The average Bonchev–Trinajstić information content (AvgIpc) is 2.99. The van der Waals surface area contributed by atoms with Crippen LogP contribution >= 0.6 is 11.3 Å². The number of aromatic nitrogens is 1. The molecule has 2 aromatic rings. The summed E-state index contributed by atoms with van der Waals surface area (Å²) in [5, 5.41) is 3.71. The van der Waals surface area contributed by atoms with Crippen molar-refractivity contribution in [2.75, 3.05) is 18.8 Å². The number of allylic oxidation sites excluding steroid dienone is 1. The molecule has 0 bridgehead atoms. The van der Waals surface area contributed by atoms with Crippen molar-refractivity contribution in [2.45, 2.75) is 12.3 Å². The number of pyridine rings is 1. The third-order valence-electron chi connectivity index (χ3n) is 4.08. The number of nitrogens with zero attached hydrogens (tertiary/aromatic N) is 4. The van der Waals surface area contributed by atoms with Gasteiger partial charge in [0.15, 0.2) is 0 Å². The highest BCUT2D eigenvalue weighted by atomic mass is 32.1. The molecule has 8 heteroatoms. The highest BCUT2D eigenvalue weighted by Gasteiger charge is 2.20. The van der Waals surface area contributed by atoms with Gasteiger partial charge in [0.05, 0.1) is 23.8 Å². The highest BCUT2D eigenvalue weighted by Crippen LogP contribution is 2.33. The first-order chi connectivity index (χ1) is 12.2. The van der Waals surface area contributed by atoms with E-state index in [9.17, 15) is 4.79 Å². The molecule has 0 radical (unpaired) electrons. The lowest BCUT2D eigenvalue weighted by molar-refractivity contribution is 0.0969. The molecule has 0 spiro atoms. The zero-order chi connectivity index (χ0) is 17.2. The maximum absolute atomic E-state index is 12.6. The van der Waals surface area contributed by atoms with Crippen LogP contribution in [0, 0.1) is 0 Å². The summed E-state index contributed by atoms with van der Waals surface area (Å²) in [7, 11) is 0. The maximum Gasteiger partial charge on any atom is 0.267 e. The van der Waals surface area contributed by atoms with Crippen molar-refractivity contribution in [1.29, 1.82) is 0 Å². The summed E-state index contributed by atoms with van der Waals surface area (Å²) in [5.74, 6) is -0.144. The number of nitrogens with two attached hydrogens (primary N) is 1. The molecule has 2 aliphatic heterocycles. The number of fused-ring (bicyclic) bond motifs is 1. The van der Waals surface area contributed by atoms with Crippen LogP contribution in [-0.4, -0.2) is 42.7 Å². The maximum atomic E-state index is 12.6. The van der Waals surface area contributed by atoms with Gasteiger partial charge in [0.1, 0.15) is 16.0 Å². The molecule has 0 aliphatic carbocycles. The average molecular weight is 352 g/mol. The molecule has 4 heterocycles. The summed E-state index contributed by atoms with van der Waals surface area (Å²) < 4.78 is 0. The minimum absolute atomic E-state index is 0.0571. The van der Waals surface area contributed by atoms with E-state index < -0.39 is 0 Å². The topological polar surface area (TPSA) is 105 Å². The summed E-state index contributed by atoms with van der Waals surface area (Å²) in [6, 6.07) is 3.84. The van der Waals surface area contributed by atoms with E-state index in [-0.39, 0.29) is 11.8 Å². The molecule has 126 valence electrons. The molecule has 1 unspecified atom stereocenters. The quantitative estimate of drug-likeness (QED) is 0.884. The Morgan fingerprint density at radius 3 is 3.00 bits per heavy atom. The Morgan fingerprint density at radius 1 is 1.32 bits per heavy atom. The Morgan fingerprint density at radius 2 is 2.24 bits per heavy atom. The van der Waals surface area contributed by atoms with E-state index in [0.29, 0.717) is 23.7 Å². The van der Waals surface area contributed by atoms with E-state index in [1.807, 2.05) is 24.4 Å². The smallest absolute Gasteiger partial charge is 0.267 e. The molecule has 4 rings (SSSR count). The van der Waals surface area contributed by atoms with Crippen molar-refractivity contribution >= 4 is 51.9 Å². The van der Waals surface area contributed by atoms with Crippen LogP contribution in [0.1, 0.15) is 27.7 Å². The van der Waals surface area contributed by atoms with E-state index in [1.54, 1.807) is 12.6 Å². The second kappa shape index (κ2) is 6.56. The molecule has 25 heavy (non-hydrogen) atoms. The standard InChI is InChI=1S/C17H16N6OS/c18-14-12-1-2-13(10-7-20-9-21-8-10)23-17(12)25-15(14)16(24)22-11-3-5-19-6-4-11/h1-3,5,7,9-10H,4,6,8,18H2,(H,22,24). The molecule has 7 nitrogen and oxygen atoms in total. The van der Waals surface area contributed by atoms with Crippen LogP contribution in [0.4, 0.5) is 5.69 Å². The van der Waals surface area contributed by atoms with Gasteiger partial charge in [-0.3, -0.25) is 14.8 Å². The fourth-order valence-electron chi connectivity index (χ4n) is 2.75. The Bertz CT molecular complexity index is 955. The van der Waals surface area contributed by atoms with E-state index in [1.165, 1.54) is 11.3 Å². The van der Waals surface area contributed by atoms with Gasteiger partial charge in [-0.05, 0) is 18.2 Å². The normalized spacial score (nSPS) is 19.2. The Kier molecular flexibility index (Phi) is 4.10. The van der Waals surface area contributed by atoms with Crippen molar-refractivity contribution < 1.29 is 4.79 Å². The van der Waals surface area contributed by atoms with Crippen molar-refractivity contribution in [3.63, 3.8) is 0 Å². The highest BCUT2D eigenvalue weighted by molar-refractivity contribution is 7.21. The van der Waals surface area contributed by atoms with Gasteiger partial charge in [0, 0.05) is 36.5 Å². The van der Waals surface area contributed by atoms with Gasteiger partial charge in [0.25, 0.3) is 5.91 Å².